The zero-order chi connectivity index (χ0) is 13.9. The fourth-order valence-electron chi connectivity index (χ4n) is 1.20. The van der Waals surface area contributed by atoms with Crippen LogP contribution in [0.4, 0.5) is 10.1 Å². The quantitative estimate of drug-likeness (QED) is 0.598. The van der Waals surface area contributed by atoms with Crippen molar-refractivity contribution in [3.63, 3.8) is 0 Å². The van der Waals surface area contributed by atoms with Crippen LogP contribution in [-0.4, -0.2) is 31.1 Å². The van der Waals surface area contributed by atoms with Gasteiger partial charge in [0, 0.05) is 6.54 Å². The standard InChI is InChI=1S/C9H11FN2O5S/c1-6(13)5-11-18(16,17)8-4-2-3-7(10)9(8)12(14)15/h2-4,6,11,13H,5H2,1H3/t6-/m0/s1. The summed E-state index contributed by atoms with van der Waals surface area (Å²) < 4.78 is 38.6. The summed E-state index contributed by atoms with van der Waals surface area (Å²) in [7, 11) is -4.25. The van der Waals surface area contributed by atoms with Crippen LogP contribution in [0.15, 0.2) is 23.1 Å². The number of aliphatic hydroxyl groups is 1. The van der Waals surface area contributed by atoms with Crippen LogP contribution in [0.2, 0.25) is 0 Å². The summed E-state index contributed by atoms with van der Waals surface area (Å²) in [6.07, 6.45) is -0.965. The number of nitrogens with zero attached hydrogens (tertiary/aromatic N) is 1. The van der Waals surface area contributed by atoms with Crippen molar-refractivity contribution in [2.24, 2.45) is 0 Å². The van der Waals surface area contributed by atoms with Gasteiger partial charge in [0.05, 0.1) is 11.0 Å². The molecule has 0 aliphatic carbocycles. The van der Waals surface area contributed by atoms with Crippen LogP contribution in [0, 0.1) is 15.9 Å². The monoisotopic (exact) mass is 278 g/mol. The van der Waals surface area contributed by atoms with Gasteiger partial charge in [-0.3, -0.25) is 10.1 Å². The van der Waals surface area contributed by atoms with Crippen LogP contribution in [0.5, 0.6) is 0 Å². The lowest BCUT2D eigenvalue weighted by molar-refractivity contribution is -0.390. The Bertz CT molecular complexity index is 558. The second kappa shape index (κ2) is 5.38. The molecule has 2 N–H and O–H groups in total. The predicted molar refractivity (Wildman–Crippen MR) is 59.9 cm³/mol. The molecule has 0 aliphatic heterocycles. The molecular weight excluding hydrogens is 267 g/mol. The highest BCUT2D eigenvalue weighted by Crippen LogP contribution is 2.26. The second-order valence-electron chi connectivity index (χ2n) is 3.54. The first kappa shape index (κ1) is 14.5. The molecule has 0 fully saturated rings. The Kier molecular flexibility index (Phi) is 4.33. The molecule has 18 heavy (non-hydrogen) atoms. The summed E-state index contributed by atoms with van der Waals surface area (Å²) >= 11 is 0. The van der Waals surface area contributed by atoms with Crippen LogP contribution in [0.25, 0.3) is 0 Å². The van der Waals surface area contributed by atoms with E-state index in [1.807, 2.05) is 4.72 Å². The molecule has 9 heteroatoms. The van der Waals surface area contributed by atoms with Gasteiger partial charge in [0.15, 0.2) is 4.90 Å². The zero-order valence-electron chi connectivity index (χ0n) is 9.33. The lowest BCUT2D eigenvalue weighted by Gasteiger charge is -2.08. The van der Waals surface area contributed by atoms with E-state index in [4.69, 9.17) is 5.11 Å². The number of halogens is 1. The van der Waals surface area contributed by atoms with E-state index in [0.29, 0.717) is 0 Å². The maximum Gasteiger partial charge on any atom is 0.324 e. The van der Waals surface area contributed by atoms with Crippen molar-refractivity contribution >= 4 is 15.7 Å². The molecule has 100 valence electrons. The van der Waals surface area contributed by atoms with Crippen molar-refractivity contribution in [1.82, 2.24) is 4.72 Å². The van der Waals surface area contributed by atoms with Gasteiger partial charge >= 0.3 is 5.69 Å². The average molecular weight is 278 g/mol. The summed E-state index contributed by atoms with van der Waals surface area (Å²) in [5.74, 6) is -1.24. The first-order valence-electron chi connectivity index (χ1n) is 4.86. The second-order valence-corrected chi connectivity index (χ2v) is 5.28. The number of sulfonamides is 1. The normalized spacial score (nSPS) is 13.3. The average Bonchev–Trinajstić information content (AvgIpc) is 2.25. The van der Waals surface area contributed by atoms with Gasteiger partial charge in [-0.1, -0.05) is 6.07 Å². The third-order valence-corrected chi connectivity index (χ3v) is 3.45. The van der Waals surface area contributed by atoms with Crippen LogP contribution in [-0.2, 0) is 10.0 Å². The summed E-state index contributed by atoms with van der Waals surface area (Å²) in [6.45, 7) is 1.01. The van der Waals surface area contributed by atoms with Crippen LogP contribution >= 0.6 is 0 Å². The fourth-order valence-corrected chi connectivity index (χ4v) is 2.50. The SMILES string of the molecule is C[C@H](O)CNS(=O)(=O)c1cccc(F)c1[N+](=O)[O-]. The molecule has 0 unspecified atom stereocenters. The van der Waals surface area contributed by atoms with Crippen LogP contribution in [0.3, 0.4) is 0 Å². The van der Waals surface area contributed by atoms with E-state index in [2.05, 4.69) is 0 Å². The lowest BCUT2D eigenvalue weighted by Crippen LogP contribution is -2.31. The van der Waals surface area contributed by atoms with Crippen molar-refractivity contribution in [2.75, 3.05) is 6.54 Å². The van der Waals surface area contributed by atoms with Gasteiger partial charge in [-0.25, -0.2) is 13.1 Å². The number of rotatable bonds is 5. The molecule has 1 aromatic carbocycles. The maximum absolute atomic E-state index is 13.2. The Balaban J connectivity index is 3.24. The zero-order valence-corrected chi connectivity index (χ0v) is 10.1. The van der Waals surface area contributed by atoms with Gasteiger partial charge in [0.1, 0.15) is 0 Å². The highest BCUT2D eigenvalue weighted by Gasteiger charge is 2.29. The van der Waals surface area contributed by atoms with E-state index in [0.717, 1.165) is 18.2 Å². The first-order chi connectivity index (χ1) is 8.25. The van der Waals surface area contributed by atoms with Crippen LogP contribution < -0.4 is 4.72 Å². The van der Waals surface area contributed by atoms with E-state index in [1.165, 1.54) is 6.92 Å². The number of hydrogen-bond donors (Lipinski definition) is 2. The van der Waals surface area contributed by atoms with Gasteiger partial charge < -0.3 is 5.11 Å². The minimum Gasteiger partial charge on any atom is -0.392 e. The summed E-state index contributed by atoms with van der Waals surface area (Å²) in [6, 6.07) is 2.77. The van der Waals surface area contributed by atoms with E-state index in [1.54, 1.807) is 0 Å². The molecule has 1 rings (SSSR count). The lowest BCUT2D eigenvalue weighted by atomic mass is 10.3. The largest absolute Gasteiger partial charge is 0.392 e. The number of hydrogen-bond acceptors (Lipinski definition) is 5. The number of para-hydroxylation sites is 1. The molecule has 0 radical (unpaired) electrons. The highest BCUT2D eigenvalue weighted by atomic mass is 32.2. The Morgan fingerprint density at radius 2 is 2.17 bits per heavy atom. The maximum atomic E-state index is 13.2. The van der Waals surface area contributed by atoms with Gasteiger partial charge in [0.2, 0.25) is 15.8 Å². The van der Waals surface area contributed by atoms with Crippen LogP contribution in [0.1, 0.15) is 6.92 Å². The molecule has 0 spiro atoms. The molecule has 0 aromatic heterocycles. The molecule has 7 nitrogen and oxygen atoms in total. The van der Waals surface area contributed by atoms with Crippen molar-refractivity contribution < 1.29 is 22.8 Å². The number of aliphatic hydroxyl groups excluding tert-OH is 1. The van der Waals surface area contributed by atoms with E-state index >= 15 is 0 Å². The van der Waals surface area contributed by atoms with Crippen molar-refractivity contribution in [2.45, 2.75) is 17.9 Å². The first-order valence-corrected chi connectivity index (χ1v) is 6.34. The predicted octanol–water partition coefficient (Wildman–Crippen LogP) is 0.393. The number of nitro groups is 1. The smallest absolute Gasteiger partial charge is 0.324 e. The summed E-state index contributed by atoms with van der Waals surface area (Å²) in [4.78, 5) is 8.78. The summed E-state index contributed by atoms with van der Waals surface area (Å²) in [5.41, 5.74) is -1.12. The molecule has 0 heterocycles. The Hall–Kier alpha value is -1.58. The minimum absolute atomic E-state index is 0.323. The Morgan fingerprint density at radius 1 is 1.56 bits per heavy atom. The fraction of sp³-hybridized carbons (Fsp3) is 0.333. The molecule has 1 aromatic rings. The van der Waals surface area contributed by atoms with E-state index in [9.17, 15) is 22.9 Å². The molecule has 0 bridgehead atoms. The molecule has 0 saturated carbocycles. The molecule has 1 atom stereocenters. The Labute approximate surface area is 102 Å². The minimum atomic E-state index is -4.25. The van der Waals surface area contributed by atoms with Crippen molar-refractivity contribution in [3.05, 3.63) is 34.1 Å². The third-order valence-electron chi connectivity index (χ3n) is 1.99. The van der Waals surface area contributed by atoms with Gasteiger partial charge in [-0.2, -0.15) is 4.39 Å². The third kappa shape index (κ3) is 3.22. The topological polar surface area (TPSA) is 110 Å². The van der Waals surface area contributed by atoms with Crippen molar-refractivity contribution in [3.8, 4) is 0 Å². The van der Waals surface area contributed by atoms with Gasteiger partial charge in [0.25, 0.3) is 0 Å². The summed E-state index contributed by atoms with van der Waals surface area (Å²) in [5, 5.41) is 19.6. The van der Waals surface area contributed by atoms with Gasteiger partial charge in [-0.05, 0) is 19.1 Å². The molecular formula is C9H11FN2O5S. The Morgan fingerprint density at radius 3 is 2.67 bits per heavy atom. The number of nitrogens with one attached hydrogen (secondary N) is 1. The molecule has 0 aliphatic rings. The van der Waals surface area contributed by atoms with Gasteiger partial charge in [-0.15, -0.1) is 0 Å². The molecule has 0 amide bonds. The molecule has 0 saturated heterocycles. The number of nitro benzene ring substituents is 1. The van der Waals surface area contributed by atoms with E-state index in [-0.39, 0.29) is 6.54 Å². The van der Waals surface area contributed by atoms with Crippen molar-refractivity contribution in [1.29, 1.82) is 0 Å². The number of benzene rings is 1. The highest BCUT2D eigenvalue weighted by molar-refractivity contribution is 7.89. The van der Waals surface area contributed by atoms with E-state index < -0.39 is 37.5 Å².